The van der Waals surface area contributed by atoms with Crippen molar-refractivity contribution in [3.63, 3.8) is 0 Å². The van der Waals surface area contributed by atoms with Gasteiger partial charge in [0, 0.05) is 19.8 Å². The van der Waals surface area contributed by atoms with Crippen molar-refractivity contribution in [3.05, 3.63) is 11.6 Å². The highest BCUT2D eigenvalue weighted by Gasteiger charge is 2.59. The monoisotopic (exact) mass is 458 g/mol. The first kappa shape index (κ1) is 24.8. The maximum atomic E-state index is 11.8. The summed E-state index contributed by atoms with van der Waals surface area (Å²) in [6, 6.07) is 0. The molecule has 0 aromatic rings. The van der Waals surface area contributed by atoms with Gasteiger partial charge in [-0.25, -0.2) is 0 Å². The standard InChI is InChI=1S/C29H46O4/c1-6-32-27(31)9-7-8-19(2)24-12-13-25-23-11-10-21-18-22(33-20(3)30)14-16-28(21,4)26(23)15-17-29(24,25)5/h10,19,22-26H,6-9,11-18H2,1-5H3/t19-,22+,23+,24-,25+,26+,28+,29-/m1/s1. The zero-order valence-corrected chi connectivity index (χ0v) is 21.7. The van der Waals surface area contributed by atoms with Crippen LogP contribution in [0.3, 0.4) is 0 Å². The number of hydrogen-bond donors (Lipinski definition) is 0. The topological polar surface area (TPSA) is 52.6 Å². The Balaban J connectivity index is 1.42. The van der Waals surface area contributed by atoms with Crippen LogP contribution < -0.4 is 0 Å². The minimum absolute atomic E-state index is 0.0396. The van der Waals surface area contributed by atoms with Gasteiger partial charge in [0.25, 0.3) is 0 Å². The van der Waals surface area contributed by atoms with Crippen molar-refractivity contribution in [2.75, 3.05) is 6.61 Å². The molecule has 186 valence electrons. The molecule has 3 saturated carbocycles. The Bertz CT molecular complexity index is 772. The molecule has 0 heterocycles. The zero-order chi connectivity index (χ0) is 23.8. The second-order valence-corrected chi connectivity index (χ2v) is 12.1. The van der Waals surface area contributed by atoms with Crippen LogP contribution in [0.2, 0.25) is 0 Å². The molecule has 4 aliphatic rings. The van der Waals surface area contributed by atoms with Crippen molar-refractivity contribution in [1.82, 2.24) is 0 Å². The highest BCUT2D eigenvalue weighted by molar-refractivity contribution is 5.69. The summed E-state index contributed by atoms with van der Waals surface area (Å²) in [5.41, 5.74) is 2.32. The third-order valence-electron chi connectivity index (χ3n) is 10.5. The summed E-state index contributed by atoms with van der Waals surface area (Å²) in [6.07, 6.45) is 15.1. The van der Waals surface area contributed by atoms with Crippen LogP contribution >= 0.6 is 0 Å². The number of hydrogen-bond acceptors (Lipinski definition) is 4. The normalized spacial score (nSPS) is 40.6. The number of fused-ring (bicyclic) bond motifs is 5. The van der Waals surface area contributed by atoms with Gasteiger partial charge in [-0.15, -0.1) is 0 Å². The molecule has 4 nitrogen and oxygen atoms in total. The van der Waals surface area contributed by atoms with Gasteiger partial charge in [-0.05, 0) is 105 Å². The third-order valence-corrected chi connectivity index (χ3v) is 10.5. The molecule has 8 atom stereocenters. The Morgan fingerprint density at radius 2 is 1.91 bits per heavy atom. The predicted molar refractivity (Wildman–Crippen MR) is 130 cm³/mol. The van der Waals surface area contributed by atoms with Gasteiger partial charge in [0.15, 0.2) is 0 Å². The van der Waals surface area contributed by atoms with Gasteiger partial charge in [-0.2, -0.15) is 0 Å². The molecular weight excluding hydrogens is 412 g/mol. The SMILES string of the molecule is CCOC(=O)CCC[C@@H](C)[C@H]1CC[C@H]2[C@@H]3CC=C4C[C@@H](OC(C)=O)CC[C@]4(C)[C@H]3CC[C@]12C. The van der Waals surface area contributed by atoms with Crippen LogP contribution in [-0.2, 0) is 19.1 Å². The van der Waals surface area contributed by atoms with Crippen molar-refractivity contribution in [2.24, 2.45) is 40.4 Å². The number of carbonyl (C=O) groups excluding carboxylic acids is 2. The summed E-state index contributed by atoms with van der Waals surface area (Å²) in [6.45, 7) is 11.5. The Morgan fingerprint density at radius 1 is 1.12 bits per heavy atom. The lowest BCUT2D eigenvalue weighted by Gasteiger charge is -2.58. The molecule has 0 amide bonds. The molecule has 33 heavy (non-hydrogen) atoms. The molecule has 4 heteroatoms. The van der Waals surface area contributed by atoms with Crippen LogP contribution in [0, 0.1) is 40.4 Å². The Kier molecular flexibility index (Phi) is 7.32. The molecule has 3 fully saturated rings. The van der Waals surface area contributed by atoms with E-state index in [2.05, 4.69) is 26.8 Å². The van der Waals surface area contributed by atoms with Gasteiger partial charge >= 0.3 is 11.9 Å². The van der Waals surface area contributed by atoms with Gasteiger partial charge in [-0.1, -0.05) is 32.4 Å². The second kappa shape index (κ2) is 9.74. The maximum absolute atomic E-state index is 11.8. The van der Waals surface area contributed by atoms with E-state index >= 15 is 0 Å². The first-order valence-electron chi connectivity index (χ1n) is 13.7. The largest absolute Gasteiger partial charge is 0.466 e. The number of carbonyl (C=O) groups is 2. The van der Waals surface area contributed by atoms with Crippen LogP contribution in [0.5, 0.6) is 0 Å². The molecule has 0 bridgehead atoms. The number of esters is 2. The van der Waals surface area contributed by atoms with Gasteiger partial charge in [0.1, 0.15) is 6.10 Å². The smallest absolute Gasteiger partial charge is 0.305 e. The Morgan fingerprint density at radius 3 is 2.64 bits per heavy atom. The van der Waals surface area contributed by atoms with E-state index in [0.29, 0.717) is 29.8 Å². The summed E-state index contributed by atoms with van der Waals surface area (Å²) >= 11 is 0. The molecular formula is C29H46O4. The van der Waals surface area contributed by atoms with Crippen molar-refractivity contribution >= 4 is 11.9 Å². The quantitative estimate of drug-likeness (QED) is 0.309. The van der Waals surface area contributed by atoms with Gasteiger partial charge in [0.05, 0.1) is 6.61 Å². The molecule has 0 aromatic carbocycles. The molecule has 0 spiro atoms. The van der Waals surface area contributed by atoms with E-state index < -0.39 is 0 Å². The molecule has 0 saturated heterocycles. The van der Waals surface area contributed by atoms with Gasteiger partial charge in [0.2, 0.25) is 0 Å². The molecule has 0 unspecified atom stereocenters. The van der Waals surface area contributed by atoms with Crippen molar-refractivity contribution in [2.45, 2.75) is 111 Å². The van der Waals surface area contributed by atoms with E-state index in [4.69, 9.17) is 9.47 Å². The highest BCUT2D eigenvalue weighted by atomic mass is 16.5. The first-order chi connectivity index (χ1) is 15.7. The van der Waals surface area contributed by atoms with Crippen molar-refractivity contribution in [3.8, 4) is 0 Å². The van der Waals surface area contributed by atoms with E-state index in [1.807, 2.05) is 6.92 Å². The van der Waals surface area contributed by atoms with Crippen LogP contribution in [0.4, 0.5) is 0 Å². The average Bonchev–Trinajstić information content (AvgIpc) is 3.11. The number of rotatable bonds is 7. The maximum Gasteiger partial charge on any atom is 0.305 e. The lowest BCUT2D eigenvalue weighted by Crippen LogP contribution is -2.51. The summed E-state index contributed by atoms with van der Waals surface area (Å²) < 4.78 is 10.7. The van der Waals surface area contributed by atoms with Crippen LogP contribution in [-0.4, -0.2) is 24.6 Å². The lowest BCUT2D eigenvalue weighted by atomic mass is 9.47. The van der Waals surface area contributed by atoms with Gasteiger partial charge in [-0.3, -0.25) is 9.59 Å². The predicted octanol–water partition coefficient (Wildman–Crippen LogP) is 6.87. The number of ether oxygens (including phenoxy) is 2. The minimum atomic E-state index is -0.139. The van der Waals surface area contributed by atoms with Gasteiger partial charge < -0.3 is 9.47 Å². The lowest BCUT2D eigenvalue weighted by molar-refractivity contribution is -0.149. The van der Waals surface area contributed by atoms with Crippen LogP contribution in [0.25, 0.3) is 0 Å². The first-order valence-corrected chi connectivity index (χ1v) is 13.7. The zero-order valence-electron chi connectivity index (χ0n) is 21.7. The van der Waals surface area contributed by atoms with Crippen LogP contribution in [0.1, 0.15) is 105 Å². The number of allylic oxidation sites excluding steroid dienone is 1. The highest BCUT2D eigenvalue weighted by Crippen LogP contribution is 2.67. The Hall–Kier alpha value is -1.32. The molecule has 0 aliphatic heterocycles. The molecule has 0 radical (unpaired) electrons. The average molecular weight is 459 g/mol. The summed E-state index contributed by atoms with van der Waals surface area (Å²) in [5.74, 6) is 3.70. The molecule has 4 rings (SSSR count). The van der Waals surface area contributed by atoms with E-state index in [0.717, 1.165) is 55.8 Å². The van der Waals surface area contributed by atoms with E-state index in [9.17, 15) is 9.59 Å². The van der Waals surface area contributed by atoms with Crippen molar-refractivity contribution in [1.29, 1.82) is 0 Å². The summed E-state index contributed by atoms with van der Waals surface area (Å²) in [5, 5.41) is 0. The molecule has 0 N–H and O–H groups in total. The fraction of sp³-hybridized carbons (Fsp3) is 0.862. The van der Waals surface area contributed by atoms with E-state index in [1.54, 1.807) is 5.57 Å². The Labute approximate surface area is 201 Å². The minimum Gasteiger partial charge on any atom is -0.466 e. The molecule has 4 aliphatic carbocycles. The third kappa shape index (κ3) is 4.65. The van der Waals surface area contributed by atoms with E-state index in [-0.39, 0.29) is 18.0 Å². The van der Waals surface area contributed by atoms with Crippen LogP contribution in [0.15, 0.2) is 11.6 Å². The van der Waals surface area contributed by atoms with Crippen molar-refractivity contribution < 1.29 is 19.1 Å². The second-order valence-electron chi connectivity index (χ2n) is 12.1. The fourth-order valence-corrected chi connectivity index (χ4v) is 8.94. The summed E-state index contributed by atoms with van der Waals surface area (Å²) in [4.78, 5) is 23.3. The van der Waals surface area contributed by atoms with E-state index in [1.165, 1.54) is 39.0 Å². The fourth-order valence-electron chi connectivity index (χ4n) is 8.94. The summed E-state index contributed by atoms with van der Waals surface area (Å²) in [7, 11) is 0. The molecule has 0 aromatic heterocycles.